The molecule has 0 N–H and O–H groups in total. The predicted octanol–water partition coefficient (Wildman–Crippen LogP) is 4.12. The molecular weight excluding hydrogens is 378 g/mol. The molecule has 0 aliphatic heterocycles. The smallest absolute Gasteiger partial charge is 0.201 e. The first kappa shape index (κ1) is 19.6. The van der Waals surface area contributed by atoms with Crippen molar-refractivity contribution in [2.45, 2.75) is 9.79 Å². The summed E-state index contributed by atoms with van der Waals surface area (Å²) >= 11 is 7.23. The van der Waals surface area contributed by atoms with Crippen molar-refractivity contribution in [3.05, 3.63) is 70.2 Å². The molecule has 0 aliphatic rings. The van der Waals surface area contributed by atoms with E-state index in [1.165, 1.54) is 36.0 Å². The normalized spacial score (nSPS) is 12.1. The Kier molecular flexibility index (Phi) is 6.32. The third-order valence-corrected chi connectivity index (χ3v) is 5.58. The van der Waals surface area contributed by atoms with Crippen LogP contribution in [0.5, 0.6) is 0 Å². The van der Waals surface area contributed by atoms with Crippen LogP contribution in [0, 0.1) is 0 Å². The van der Waals surface area contributed by atoms with Gasteiger partial charge in [-0.3, -0.25) is 4.79 Å². The van der Waals surface area contributed by atoms with E-state index in [0.717, 1.165) is 11.2 Å². The zero-order valence-electron chi connectivity index (χ0n) is 14.1. The fourth-order valence-electron chi connectivity index (χ4n) is 1.99. The number of hydrogen-bond donors (Lipinski definition) is 0. The summed E-state index contributed by atoms with van der Waals surface area (Å²) in [4.78, 5) is 16.2. The van der Waals surface area contributed by atoms with E-state index in [2.05, 4.69) is 0 Å². The van der Waals surface area contributed by atoms with Gasteiger partial charge in [0.1, 0.15) is 0 Å². The lowest BCUT2D eigenvalue weighted by atomic mass is 10.1. The number of allylic oxidation sites excluding steroid dienone is 1. The minimum absolute atomic E-state index is 0.172. The van der Waals surface area contributed by atoms with Gasteiger partial charge < -0.3 is 4.90 Å². The van der Waals surface area contributed by atoms with Crippen LogP contribution in [0.4, 0.5) is 0 Å². The number of sulfone groups is 1. The topological polar surface area (TPSA) is 54.5 Å². The Morgan fingerprint density at radius 2 is 1.60 bits per heavy atom. The Morgan fingerprint density at radius 1 is 1.04 bits per heavy atom. The SMILES string of the molecule is CN(C)/C=C(\Sc1ccc(Cl)cc1)C(=O)c1ccc(S(C)(=O)=O)cc1. The molecule has 0 amide bonds. The summed E-state index contributed by atoms with van der Waals surface area (Å²) in [5, 5.41) is 0.630. The van der Waals surface area contributed by atoms with Gasteiger partial charge in [0.05, 0.1) is 9.80 Å². The van der Waals surface area contributed by atoms with Crippen molar-refractivity contribution in [2.75, 3.05) is 20.4 Å². The number of benzene rings is 2. The van der Waals surface area contributed by atoms with Crippen LogP contribution in [-0.4, -0.2) is 39.5 Å². The van der Waals surface area contributed by atoms with Crippen molar-refractivity contribution < 1.29 is 13.2 Å². The Hall–Kier alpha value is -1.76. The van der Waals surface area contributed by atoms with Crippen LogP contribution < -0.4 is 0 Å². The van der Waals surface area contributed by atoms with Gasteiger partial charge in [-0.15, -0.1) is 0 Å². The molecule has 2 aromatic carbocycles. The molecule has 0 atom stereocenters. The molecular formula is C18H18ClNO3S2. The lowest BCUT2D eigenvalue weighted by Crippen LogP contribution is -2.08. The number of nitrogens with zero attached hydrogens (tertiary/aromatic N) is 1. The van der Waals surface area contributed by atoms with Gasteiger partial charge in [0.15, 0.2) is 9.84 Å². The number of carbonyl (C=O) groups excluding carboxylic acids is 1. The fraction of sp³-hybridized carbons (Fsp3) is 0.167. The van der Waals surface area contributed by atoms with E-state index in [-0.39, 0.29) is 10.7 Å². The number of carbonyl (C=O) groups is 1. The quantitative estimate of drug-likeness (QED) is 0.418. The summed E-state index contributed by atoms with van der Waals surface area (Å²) in [5.41, 5.74) is 0.432. The summed E-state index contributed by atoms with van der Waals surface area (Å²) in [5.74, 6) is -0.172. The molecule has 2 aromatic rings. The van der Waals surface area contributed by atoms with E-state index in [4.69, 9.17) is 11.6 Å². The minimum Gasteiger partial charge on any atom is -0.382 e. The Morgan fingerprint density at radius 3 is 2.08 bits per heavy atom. The second kappa shape index (κ2) is 8.08. The summed E-state index contributed by atoms with van der Waals surface area (Å²) in [6.07, 6.45) is 2.88. The van der Waals surface area contributed by atoms with Crippen LogP contribution in [-0.2, 0) is 9.84 Å². The molecule has 25 heavy (non-hydrogen) atoms. The Balaban J connectivity index is 2.31. The largest absolute Gasteiger partial charge is 0.382 e. The number of Topliss-reactive ketones (excluding diaryl/α,β-unsaturated/α-hetero) is 1. The van der Waals surface area contributed by atoms with E-state index in [9.17, 15) is 13.2 Å². The highest BCUT2D eigenvalue weighted by atomic mass is 35.5. The number of rotatable bonds is 6. The van der Waals surface area contributed by atoms with Crippen molar-refractivity contribution in [3.63, 3.8) is 0 Å². The highest BCUT2D eigenvalue weighted by Gasteiger charge is 2.16. The summed E-state index contributed by atoms with van der Waals surface area (Å²) in [6.45, 7) is 0. The Labute approximate surface area is 157 Å². The lowest BCUT2D eigenvalue weighted by Gasteiger charge is -2.11. The third kappa shape index (κ3) is 5.63. The standard InChI is InChI=1S/C18H18ClNO3S2/c1-20(2)12-17(24-15-8-6-14(19)7-9-15)18(21)13-4-10-16(11-5-13)25(3,22)23/h4-12H,1-3H3/b17-12-. The summed E-state index contributed by atoms with van der Waals surface area (Å²) < 4.78 is 23.1. The van der Waals surface area contributed by atoms with Gasteiger partial charge in [0, 0.05) is 42.0 Å². The van der Waals surface area contributed by atoms with E-state index >= 15 is 0 Å². The molecule has 0 aliphatic carbocycles. The molecule has 0 heterocycles. The summed E-state index contributed by atoms with van der Waals surface area (Å²) in [6, 6.07) is 13.2. The fourth-order valence-corrected chi connectivity index (χ4v) is 3.75. The minimum atomic E-state index is -3.29. The highest BCUT2D eigenvalue weighted by Crippen LogP contribution is 2.30. The van der Waals surface area contributed by atoms with Gasteiger partial charge >= 0.3 is 0 Å². The molecule has 0 aromatic heterocycles. The number of halogens is 1. The Bertz CT molecular complexity index is 887. The molecule has 132 valence electrons. The van der Waals surface area contributed by atoms with Gasteiger partial charge in [-0.05, 0) is 48.5 Å². The van der Waals surface area contributed by atoms with E-state index in [1.807, 2.05) is 26.2 Å². The van der Waals surface area contributed by atoms with Gasteiger partial charge in [0.25, 0.3) is 0 Å². The van der Waals surface area contributed by atoms with Crippen molar-refractivity contribution in [2.24, 2.45) is 0 Å². The number of ketones is 1. The first-order chi connectivity index (χ1) is 11.7. The zero-order valence-corrected chi connectivity index (χ0v) is 16.5. The molecule has 0 saturated carbocycles. The van der Waals surface area contributed by atoms with Gasteiger partial charge in [-0.1, -0.05) is 23.4 Å². The average Bonchev–Trinajstić information content (AvgIpc) is 2.54. The van der Waals surface area contributed by atoms with Crippen LogP contribution in [0.2, 0.25) is 5.02 Å². The van der Waals surface area contributed by atoms with Crippen LogP contribution in [0.1, 0.15) is 10.4 Å². The highest BCUT2D eigenvalue weighted by molar-refractivity contribution is 8.04. The van der Waals surface area contributed by atoms with Crippen molar-refractivity contribution in [1.82, 2.24) is 4.90 Å². The molecule has 0 spiro atoms. The number of hydrogen-bond acceptors (Lipinski definition) is 5. The molecule has 0 unspecified atom stereocenters. The maximum atomic E-state index is 12.8. The van der Waals surface area contributed by atoms with E-state index < -0.39 is 9.84 Å². The maximum Gasteiger partial charge on any atom is 0.201 e. The molecule has 2 rings (SSSR count). The van der Waals surface area contributed by atoms with E-state index in [1.54, 1.807) is 23.2 Å². The van der Waals surface area contributed by atoms with Crippen LogP contribution in [0.3, 0.4) is 0 Å². The average molecular weight is 396 g/mol. The second-order valence-corrected chi connectivity index (χ2v) is 9.21. The van der Waals surface area contributed by atoms with Crippen LogP contribution >= 0.6 is 23.4 Å². The lowest BCUT2D eigenvalue weighted by molar-refractivity contribution is 0.104. The first-order valence-electron chi connectivity index (χ1n) is 7.33. The molecule has 0 bridgehead atoms. The zero-order chi connectivity index (χ0) is 18.6. The molecule has 0 saturated heterocycles. The van der Waals surface area contributed by atoms with Gasteiger partial charge in [0.2, 0.25) is 5.78 Å². The molecule has 0 fully saturated rings. The second-order valence-electron chi connectivity index (χ2n) is 5.64. The van der Waals surface area contributed by atoms with Crippen molar-refractivity contribution in [3.8, 4) is 0 Å². The van der Waals surface area contributed by atoms with E-state index in [0.29, 0.717) is 15.5 Å². The number of thioether (sulfide) groups is 1. The van der Waals surface area contributed by atoms with Gasteiger partial charge in [-0.2, -0.15) is 0 Å². The van der Waals surface area contributed by atoms with Gasteiger partial charge in [-0.25, -0.2) is 8.42 Å². The van der Waals surface area contributed by atoms with Crippen molar-refractivity contribution >= 4 is 39.0 Å². The van der Waals surface area contributed by atoms with Crippen molar-refractivity contribution in [1.29, 1.82) is 0 Å². The predicted molar refractivity (Wildman–Crippen MR) is 103 cm³/mol. The molecule has 0 radical (unpaired) electrons. The third-order valence-electron chi connectivity index (χ3n) is 3.19. The monoisotopic (exact) mass is 395 g/mol. The maximum absolute atomic E-state index is 12.8. The van der Waals surface area contributed by atoms with Crippen LogP contribution in [0.25, 0.3) is 0 Å². The van der Waals surface area contributed by atoms with Crippen LogP contribution in [0.15, 0.2) is 69.4 Å². The molecule has 4 nitrogen and oxygen atoms in total. The summed E-state index contributed by atoms with van der Waals surface area (Å²) in [7, 11) is 0.383. The first-order valence-corrected chi connectivity index (χ1v) is 10.4. The molecule has 7 heteroatoms.